The molecule has 4 heterocycles. The minimum absolute atomic E-state index is 0.0768. The fourth-order valence-electron chi connectivity index (χ4n) is 9.94. The topological polar surface area (TPSA) is 174 Å². The molecule has 0 aliphatic carbocycles. The van der Waals surface area contributed by atoms with Crippen LogP contribution in [0, 0.1) is 28.9 Å². The molecule has 0 saturated carbocycles. The minimum atomic E-state index is -1.21. The van der Waals surface area contributed by atoms with Crippen LogP contribution < -0.4 is 39.4 Å². The number of nitrogens with one attached hydrogen (secondary N) is 2. The summed E-state index contributed by atoms with van der Waals surface area (Å²) in [6.45, 7) is 11.8. The number of rotatable bonds is 10. The van der Waals surface area contributed by atoms with Gasteiger partial charge >= 0.3 is 0 Å². The lowest BCUT2D eigenvalue weighted by atomic mass is 9.76. The summed E-state index contributed by atoms with van der Waals surface area (Å²) in [6.07, 6.45) is 7.45. The van der Waals surface area contributed by atoms with Crippen molar-refractivity contribution in [1.29, 1.82) is 0 Å². The number of ether oxygens (including phenoxy) is 4. The molecule has 0 fully saturated rings. The molecule has 15 nitrogen and oxygen atoms in total. The highest BCUT2D eigenvalue weighted by molar-refractivity contribution is 5.99. The molecule has 2 amide bonds. The quantitative estimate of drug-likeness (QED) is 0.0777. The number of methoxy groups -OCH3 is 2. The number of hydrogen-bond donors (Lipinski definition) is 2. The molecule has 65 heavy (non-hydrogen) atoms. The van der Waals surface area contributed by atoms with E-state index in [4.69, 9.17) is 18.9 Å². The summed E-state index contributed by atoms with van der Waals surface area (Å²) < 4.78 is 25.1. The number of anilines is 4. The van der Waals surface area contributed by atoms with Crippen molar-refractivity contribution in [2.45, 2.75) is 63.8 Å². The lowest BCUT2D eigenvalue weighted by Gasteiger charge is -2.47. The highest BCUT2D eigenvalue weighted by Gasteiger charge is 2.61. The van der Waals surface area contributed by atoms with Crippen LogP contribution in [0.3, 0.4) is 0 Å². The van der Waals surface area contributed by atoms with Crippen LogP contribution in [0.4, 0.5) is 34.1 Å². The van der Waals surface area contributed by atoms with Crippen LogP contribution in [0.5, 0.6) is 23.0 Å². The molecule has 332 valence electrons. The van der Waals surface area contributed by atoms with Gasteiger partial charge in [0.1, 0.15) is 18.8 Å². The van der Waals surface area contributed by atoms with Crippen molar-refractivity contribution in [2.75, 3.05) is 47.7 Å². The number of nitro groups is 1. The summed E-state index contributed by atoms with van der Waals surface area (Å²) in [5.41, 5.74) is 3.69. The van der Waals surface area contributed by atoms with E-state index in [0.717, 1.165) is 33.6 Å². The van der Waals surface area contributed by atoms with E-state index in [-0.39, 0.29) is 42.0 Å². The van der Waals surface area contributed by atoms with Gasteiger partial charge in [0.15, 0.2) is 23.0 Å². The van der Waals surface area contributed by atoms with Gasteiger partial charge in [0.05, 0.1) is 36.0 Å². The SMILES string of the molecule is COc1cc(N=O)cc2c1OC1(C=C2)N(CC(=O)Nc2cc(C)c(NC(=O)CN3c4ccccc4C(C)(C)C34C=Cc3cc([N+](=O)[O-])cc(OC)c3O4)cc2C)c2ccccc2C1(C)C. The largest absolute Gasteiger partial charge is 0.493 e. The highest BCUT2D eigenvalue weighted by Crippen LogP contribution is 2.58. The monoisotopic (exact) mass is 876 g/mol. The fraction of sp³-hybridized carbons (Fsp3) is 0.280. The first-order chi connectivity index (χ1) is 31.0. The Morgan fingerprint density at radius 1 is 0.692 bits per heavy atom. The number of carbonyl (C=O) groups excluding carboxylic acids is 2. The Morgan fingerprint density at radius 3 is 1.58 bits per heavy atom. The molecule has 9 rings (SSSR count). The third kappa shape index (κ3) is 6.47. The first-order valence-electron chi connectivity index (χ1n) is 21.1. The predicted molar refractivity (Wildman–Crippen MR) is 250 cm³/mol. The second kappa shape index (κ2) is 15.2. The summed E-state index contributed by atoms with van der Waals surface area (Å²) in [4.78, 5) is 55.0. The number of non-ortho nitro benzene ring substituents is 1. The molecule has 2 spiro atoms. The van der Waals surface area contributed by atoms with Gasteiger partial charge in [-0.25, -0.2) is 0 Å². The number of amides is 2. The van der Waals surface area contributed by atoms with Crippen LogP contribution in [-0.2, 0) is 20.4 Å². The molecular formula is C50H48N6O9. The smallest absolute Gasteiger partial charge is 0.274 e. The molecule has 15 heteroatoms. The van der Waals surface area contributed by atoms with Crippen LogP contribution >= 0.6 is 0 Å². The number of nitroso groups, excluding NO2 is 1. The van der Waals surface area contributed by atoms with Crippen LogP contribution in [0.1, 0.15) is 61.1 Å². The maximum Gasteiger partial charge on any atom is 0.274 e. The number of fused-ring (bicyclic) bond motifs is 4. The molecule has 4 aliphatic heterocycles. The number of nitrogens with zero attached hydrogens (tertiary/aromatic N) is 4. The van der Waals surface area contributed by atoms with Crippen LogP contribution in [-0.4, -0.2) is 55.5 Å². The molecule has 5 aromatic rings. The van der Waals surface area contributed by atoms with Gasteiger partial charge in [0.25, 0.3) is 5.69 Å². The molecular weight excluding hydrogens is 829 g/mol. The number of benzene rings is 5. The fourth-order valence-corrected chi connectivity index (χ4v) is 9.94. The number of carbonyl (C=O) groups is 2. The van der Waals surface area contributed by atoms with Gasteiger partial charge in [0.2, 0.25) is 23.3 Å². The van der Waals surface area contributed by atoms with Crippen LogP contribution in [0.15, 0.2) is 102 Å². The van der Waals surface area contributed by atoms with Crippen LogP contribution in [0.25, 0.3) is 12.2 Å². The van der Waals surface area contributed by atoms with Gasteiger partial charge in [-0.15, -0.1) is 4.91 Å². The van der Waals surface area contributed by atoms with Gasteiger partial charge in [0, 0.05) is 46.0 Å². The average Bonchev–Trinajstić information content (AvgIpc) is 3.57. The predicted octanol–water partition coefficient (Wildman–Crippen LogP) is 9.70. The third-order valence-corrected chi connectivity index (χ3v) is 13.4. The maximum absolute atomic E-state index is 14.2. The van der Waals surface area contributed by atoms with E-state index in [2.05, 4.69) is 29.7 Å². The highest BCUT2D eigenvalue weighted by atomic mass is 16.6. The normalized spacial score (nSPS) is 19.9. The molecule has 0 bridgehead atoms. The van der Waals surface area contributed by atoms with E-state index >= 15 is 0 Å². The number of aryl methyl sites for hydroxylation is 2. The van der Waals surface area contributed by atoms with Gasteiger partial charge < -0.3 is 39.4 Å². The summed E-state index contributed by atoms with van der Waals surface area (Å²) in [5, 5.41) is 21.0. The minimum Gasteiger partial charge on any atom is -0.493 e. The van der Waals surface area contributed by atoms with Crippen molar-refractivity contribution in [3.63, 3.8) is 0 Å². The zero-order chi connectivity index (χ0) is 46.2. The van der Waals surface area contributed by atoms with E-state index in [1.807, 2.05) is 116 Å². The van der Waals surface area contributed by atoms with E-state index in [1.54, 1.807) is 12.1 Å². The maximum atomic E-state index is 14.2. The summed E-state index contributed by atoms with van der Waals surface area (Å²) in [7, 11) is 2.94. The van der Waals surface area contributed by atoms with Gasteiger partial charge in [-0.05, 0) is 124 Å². The summed E-state index contributed by atoms with van der Waals surface area (Å²) in [5.74, 6) is 0.730. The van der Waals surface area contributed by atoms with E-state index < -0.39 is 27.2 Å². The Morgan fingerprint density at radius 2 is 1.14 bits per heavy atom. The lowest BCUT2D eigenvalue weighted by Crippen LogP contribution is -2.61. The lowest BCUT2D eigenvalue weighted by molar-refractivity contribution is -0.385. The van der Waals surface area contributed by atoms with Crippen molar-refractivity contribution >= 4 is 58.1 Å². The van der Waals surface area contributed by atoms with Gasteiger partial charge in [-0.2, -0.15) is 0 Å². The second-order valence-corrected chi connectivity index (χ2v) is 17.8. The Balaban J connectivity index is 0.964. The summed E-state index contributed by atoms with van der Waals surface area (Å²) >= 11 is 0. The zero-order valence-corrected chi connectivity index (χ0v) is 37.3. The van der Waals surface area contributed by atoms with Crippen molar-refractivity contribution in [3.8, 4) is 23.0 Å². The Bertz CT molecular complexity index is 2920. The number of nitro benzene ring substituents is 1. The van der Waals surface area contributed by atoms with Crippen molar-refractivity contribution in [1.82, 2.24) is 0 Å². The Kier molecular flexibility index (Phi) is 10.00. The Hall–Kier alpha value is -7.68. The third-order valence-electron chi connectivity index (χ3n) is 13.4. The van der Waals surface area contributed by atoms with E-state index in [9.17, 15) is 24.6 Å². The first kappa shape index (κ1) is 42.6. The van der Waals surface area contributed by atoms with Crippen molar-refractivity contribution < 1.29 is 33.5 Å². The molecule has 2 N–H and O–H groups in total. The zero-order valence-electron chi connectivity index (χ0n) is 37.3. The van der Waals surface area contributed by atoms with E-state index in [1.165, 1.54) is 32.4 Å². The average molecular weight is 877 g/mol. The standard InChI is InChI=1S/C50H48N6O9/c1-29-22-38(52-44(58)28-55-40-16-12-10-14-36(40)48(5,6)50(55)20-18-32-24-34(56(60)61)26-42(63-8)46(32)65-50)30(2)21-37(29)51-43(57)27-54-39-15-11-9-13-35(39)47(3,4)49(54)19-17-31-23-33(53-59)25-41(62-7)45(31)64-49/h9-26H,27-28H2,1-8H3,(H,51,57)(H,52,58). The molecule has 4 aliphatic rings. The van der Waals surface area contributed by atoms with E-state index in [0.29, 0.717) is 39.8 Å². The van der Waals surface area contributed by atoms with Crippen molar-refractivity contribution in [2.24, 2.45) is 5.18 Å². The van der Waals surface area contributed by atoms with Crippen molar-refractivity contribution in [3.05, 3.63) is 145 Å². The first-order valence-corrected chi connectivity index (χ1v) is 21.1. The molecule has 0 saturated heterocycles. The molecule has 0 radical (unpaired) electrons. The Labute approximate surface area is 375 Å². The molecule has 0 aromatic heterocycles. The molecule has 5 aromatic carbocycles. The van der Waals surface area contributed by atoms with Gasteiger partial charge in [-0.1, -0.05) is 36.4 Å². The van der Waals surface area contributed by atoms with Crippen LogP contribution in [0.2, 0.25) is 0 Å². The second-order valence-electron chi connectivity index (χ2n) is 17.8. The number of hydrogen-bond acceptors (Lipinski definition) is 12. The molecule has 2 unspecified atom stereocenters. The number of para-hydroxylation sites is 2. The summed E-state index contributed by atoms with van der Waals surface area (Å²) in [6, 6.07) is 25.3. The molecule has 2 atom stereocenters. The van der Waals surface area contributed by atoms with Gasteiger partial charge in [-0.3, -0.25) is 19.7 Å².